The molecule has 5 nitrogen and oxygen atoms in total. The number of aromatic nitrogens is 1. The summed E-state index contributed by atoms with van der Waals surface area (Å²) in [4.78, 5) is 19.8. The van der Waals surface area contributed by atoms with Crippen LogP contribution in [-0.2, 0) is 11.2 Å². The SMILES string of the molecule is [C-]#[N+]c1cc(C(C)=O)c2oc(-c3ccc(CCCOC(C)C)cc3)nc2c1. The van der Waals surface area contributed by atoms with Crippen LogP contribution in [-0.4, -0.2) is 23.5 Å². The lowest BCUT2D eigenvalue weighted by Gasteiger charge is -2.07. The van der Waals surface area contributed by atoms with Crippen molar-refractivity contribution in [1.82, 2.24) is 4.98 Å². The van der Waals surface area contributed by atoms with E-state index in [1.807, 2.05) is 26.0 Å². The Kier molecular flexibility index (Phi) is 5.68. The van der Waals surface area contributed by atoms with E-state index >= 15 is 0 Å². The lowest BCUT2D eigenvalue weighted by molar-refractivity contribution is 0.0772. The van der Waals surface area contributed by atoms with Crippen LogP contribution in [0.25, 0.3) is 27.4 Å². The van der Waals surface area contributed by atoms with Crippen LogP contribution in [0.5, 0.6) is 0 Å². The molecule has 3 rings (SSSR count). The molecule has 0 aliphatic heterocycles. The van der Waals surface area contributed by atoms with Gasteiger partial charge >= 0.3 is 0 Å². The van der Waals surface area contributed by atoms with Gasteiger partial charge in [0, 0.05) is 12.2 Å². The minimum atomic E-state index is -0.146. The maximum absolute atomic E-state index is 11.9. The molecule has 0 amide bonds. The first-order valence-corrected chi connectivity index (χ1v) is 9.02. The van der Waals surface area contributed by atoms with Gasteiger partial charge in [0.05, 0.1) is 18.2 Å². The van der Waals surface area contributed by atoms with Crippen molar-refractivity contribution in [3.8, 4) is 11.5 Å². The molecule has 0 bridgehead atoms. The van der Waals surface area contributed by atoms with E-state index < -0.39 is 0 Å². The van der Waals surface area contributed by atoms with E-state index in [2.05, 4.69) is 22.0 Å². The van der Waals surface area contributed by atoms with Crippen LogP contribution in [0.1, 0.15) is 43.1 Å². The van der Waals surface area contributed by atoms with Gasteiger partial charge in [0.2, 0.25) is 5.89 Å². The molecule has 0 atom stereocenters. The fourth-order valence-electron chi connectivity index (χ4n) is 2.88. The predicted molar refractivity (Wildman–Crippen MR) is 105 cm³/mol. The Labute approximate surface area is 158 Å². The maximum atomic E-state index is 11.9. The number of Topliss-reactive ketones (excluding diaryl/α,β-unsaturated/α-hetero) is 1. The summed E-state index contributed by atoms with van der Waals surface area (Å²) in [5, 5.41) is 0. The van der Waals surface area contributed by atoms with Gasteiger partial charge in [-0.1, -0.05) is 12.1 Å². The molecule has 5 heteroatoms. The number of aryl methyl sites for hydroxylation is 1. The van der Waals surface area contributed by atoms with Gasteiger partial charge in [-0.3, -0.25) is 4.79 Å². The number of carbonyl (C=O) groups is 1. The molecule has 27 heavy (non-hydrogen) atoms. The minimum absolute atomic E-state index is 0.146. The minimum Gasteiger partial charge on any atom is -0.435 e. The van der Waals surface area contributed by atoms with Crippen molar-refractivity contribution in [2.24, 2.45) is 0 Å². The second kappa shape index (κ2) is 8.15. The molecule has 1 heterocycles. The molecule has 138 valence electrons. The molecule has 0 aliphatic rings. The van der Waals surface area contributed by atoms with Crippen LogP contribution in [0, 0.1) is 6.57 Å². The molecule has 0 unspecified atom stereocenters. The number of nitrogens with zero attached hydrogens (tertiary/aromatic N) is 2. The quantitative estimate of drug-likeness (QED) is 0.312. The van der Waals surface area contributed by atoms with Gasteiger partial charge in [-0.2, -0.15) is 0 Å². The molecule has 0 radical (unpaired) electrons. The van der Waals surface area contributed by atoms with Gasteiger partial charge in [-0.05, 0) is 63.4 Å². The van der Waals surface area contributed by atoms with Gasteiger partial charge < -0.3 is 9.15 Å². The molecular weight excluding hydrogens is 340 g/mol. The molecule has 0 saturated heterocycles. The summed E-state index contributed by atoms with van der Waals surface area (Å²) in [6, 6.07) is 11.2. The first-order valence-electron chi connectivity index (χ1n) is 9.02. The number of rotatable bonds is 7. The smallest absolute Gasteiger partial charge is 0.227 e. The highest BCUT2D eigenvalue weighted by Crippen LogP contribution is 2.30. The zero-order valence-electron chi connectivity index (χ0n) is 15.8. The second-order valence-electron chi connectivity index (χ2n) is 6.75. The molecule has 0 fully saturated rings. The summed E-state index contributed by atoms with van der Waals surface area (Å²) in [5.74, 6) is 0.302. The Balaban J connectivity index is 1.82. The van der Waals surface area contributed by atoms with E-state index in [9.17, 15) is 4.79 Å². The summed E-state index contributed by atoms with van der Waals surface area (Å²) < 4.78 is 11.4. The highest BCUT2D eigenvalue weighted by atomic mass is 16.5. The number of carbonyl (C=O) groups excluding carboxylic acids is 1. The Morgan fingerprint density at radius 2 is 2.00 bits per heavy atom. The van der Waals surface area contributed by atoms with Gasteiger partial charge in [0.1, 0.15) is 5.52 Å². The number of benzene rings is 2. The number of ether oxygens (including phenoxy) is 1. The van der Waals surface area contributed by atoms with Crippen molar-refractivity contribution in [1.29, 1.82) is 0 Å². The second-order valence-corrected chi connectivity index (χ2v) is 6.75. The van der Waals surface area contributed by atoms with E-state index in [0.717, 1.165) is 25.0 Å². The van der Waals surface area contributed by atoms with Gasteiger partial charge in [-0.25, -0.2) is 9.83 Å². The maximum Gasteiger partial charge on any atom is 0.227 e. The Morgan fingerprint density at radius 1 is 1.26 bits per heavy atom. The fourth-order valence-corrected chi connectivity index (χ4v) is 2.88. The number of hydrogen-bond donors (Lipinski definition) is 0. The molecule has 1 aromatic heterocycles. The van der Waals surface area contributed by atoms with Gasteiger partial charge in [0.25, 0.3) is 0 Å². The molecular formula is C22H22N2O3. The monoisotopic (exact) mass is 362 g/mol. The molecule has 2 aromatic carbocycles. The molecule has 3 aromatic rings. The average molecular weight is 362 g/mol. The standard InChI is InChI=1S/C22H22N2O3/c1-14(2)26-11-5-6-16-7-9-17(10-8-16)22-24-20-13-18(23-4)12-19(15(3)25)21(20)27-22/h7-10,12-14H,5-6,11H2,1-3H3. The number of hydrogen-bond acceptors (Lipinski definition) is 4. The van der Waals surface area contributed by atoms with Crippen molar-refractivity contribution in [3.05, 3.63) is 58.9 Å². The normalized spacial score (nSPS) is 11.1. The van der Waals surface area contributed by atoms with E-state index in [1.54, 1.807) is 12.1 Å². The number of fused-ring (bicyclic) bond motifs is 1. The number of oxazole rings is 1. The summed E-state index contributed by atoms with van der Waals surface area (Å²) in [6.45, 7) is 13.5. The van der Waals surface area contributed by atoms with E-state index in [1.165, 1.54) is 12.5 Å². The lowest BCUT2D eigenvalue weighted by atomic mass is 10.1. The van der Waals surface area contributed by atoms with Crippen molar-refractivity contribution >= 4 is 22.6 Å². The fraction of sp³-hybridized carbons (Fsp3) is 0.318. The number of ketones is 1. The largest absolute Gasteiger partial charge is 0.435 e. The topological polar surface area (TPSA) is 56.7 Å². The summed E-state index contributed by atoms with van der Waals surface area (Å²) in [6.07, 6.45) is 2.18. The summed E-state index contributed by atoms with van der Waals surface area (Å²) in [7, 11) is 0. The van der Waals surface area contributed by atoms with E-state index in [0.29, 0.717) is 28.2 Å². The van der Waals surface area contributed by atoms with Crippen molar-refractivity contribution in [2.75, 3.05) is 6.61 Å². The van der Waals surface area contributed by atoms with Crippen LogP contribution in [0.2, 0.25) is 0 Å². The van der Waals surface area contributed by atoms with E-state index in [-0.39, 0.29) is 11.9 Å². The third-order valence-corrected chi connectivity index (χ3v) is 4.25. The van der Waals surface area contributed by atoms with Crippen LogP contribution in [0.15, 0.2) is 40.8 Å². The summed E-state index contributed by atoms with van der Waals surface area (Å²) >= 11 is 0. The van der Waals surface area contributed by atoms with Crippen LogP contribution >= 0.6 is 0 Å². The first kappa shape index (κ1) is 18.8. The Hall–Kier alpha value is -2.97. The van der Waals surface area contributed by atoms with Crippen LogP contribution in [0.3, 0.4) is 0 Å². The Morgan fingerprint density at radius 3 is 2.63 bits per heavy atom. The molecule has 0 aliphatic carbocycles. The first-order chi connectivity index (χ1) is 13.0. The summed E-state index contributed by atoms with van der Waals surface area (Å²) in [5.41, 5.74) is 3.79. The third-order valence-electron chi connectivity index (χ3n) is 4.25. The van der Waals surface area contributed by atoms with Crippen molar-refractivity contribution in [2.45, 2.75) is 39.7 Å². The molecule has 0 N–H and O–H groups in total. The zero-order valence-corrected chi connectivity index (χ0v) is 15.8. The lowest BCUT2D eigenvalue weighted by Crippen LogP contribution is -2.04. The highest BCUT2D eigenvalue weighted by Gasteiger charge is 2.16. The van der Waals surface area contributed by atoms with E-state index in [4.69, 9.17) is 15.7 Å². The van der Waals surface area contributed by atoms with Gasteiger partial charge in [-0.15, -0.1) is 0 Å². The van der Waals surface area contributed by atoms with Crippen molar-refractivity contribution < 1.29 is 13.9 Å². The third kappa shape index (κ3) is 4.42. The van der Waals surface area contributed by atoms with Crippen LogP contribution in [0.4, 0.5) is 5.69 Å². The Bertz CT molecular complexity index is 995. The van der Waals surface area contributed by atoms with Crippen LogP contribution < -0.4 is 0 Å². The molecule has 0 spiro atoms. The molecule has 0 saturated carbocycles. The zero-order chi connectivity index (χ0) is 19.4. The average Bonchev–Trinajstić information content (AvgIpc) is 3.08. The van der Waals surface area contributed by atoms with Gasteiger partial charge in [0.15, 0.2) is 17.1 Å². The van der Waals surface area contributed by atoms with Crippen molar-refractivity contribution in [3.63, 3.8) is 0 Å². The predicted octanol–water partition coefficient (Wildman–Crippen LogP) is 5.61. The highest BCUT2D eigenvalue weighted by molar-refractivity contribution is 6.05.